The Kier molecular flexibility index (Phi) is 13.8. The van der Waals surface area contributed by atoms with Crippen molar-refractivity contribution in [2.45, 2.75) is 141 Å². The van der Waals surface area contributed by atoms with Crippen molar-refractivity contribution < 1.29 is 52.1 Å². The van der Waals surface area contributed by atoms with Crippen LogP contribution in [0.4, 0.5) is 9.59 Å². The van der Waals surface area contributed by atoms with E-state index >= 15 is 0 Å². The fourth-order valence-corrected chi connectivity index (χ4v) is 7.40. The van der Waals surface area contributed by atoms with Gasteiger partial charge in [0.05, 0.1) is 0 Å². The number of hydrogen-bond donors (Lipinski definition) is 3. The summed E-state index contributed by atoms with van der Waals surface area (Å²) in [6.45, 7) is 2.58. The van der Waals surface area contributed by atoms with Crippen molar-refractivity contribution in [3.8, 4) is 0 Å². The fraction of sp³-hybridized carbons (Fsp3) is 0.857. The first-order valence-corrected chi connectivity index (χ1v) is 17.0. The molecule has 0 bridgehead atoms. The Balaban J connectivity index is 1.66. The average Bonchev–Trinajstić information content (AvgIpc) is 2.93. The van der Waals surface area contributed by atoms with Gasteiger partial charge in [-0.15, -0.1) is 0 Å². The molecular formula is C28H48N3O11P. The predicted molar refractivity (Wildman–Crippen MR) is 154 cm³/mol. The Hall–Kier alpha value is -2.57. The van der Waals surface area contributed by atoms with Gasteiger partial charge in [-0.1, -0.05) is 32.1 Å². The third-order valence-corrected chi connectivity index (χ3v) is 9.73. The maximum atomic E-state index is 13.9. The zero-order valence-corrected chi connectivity index (χ0v) is 26.4. The summed E-state index contributed by atoms with van der Waals surface area (Å²) in [5, 5.41) is 20.9. The SMILES string of the molecule is CC(OC(=O)OC1CCCCC1)OP(=O)(NC(=N)N(C)C(C(=O)O)C1CCCCC1)OC(C)OC(=O)OC1CCCCC1. The number of rotatable bonds is 12. The van der Waals surface area contributed by atoms with Crippen LogP contribution in [-0.4, -0.2) is 72.1 Å². The highest BCUT2D eigenvalue weighted by Gasteiger charge is 2.39. The minimum absolute atomic E-state index is 0.215. The highest BCUT2D eigenvalue weighted by atomic mass is 31.2. The molecule has 3 N–H and O–H groups in total. The molecule has 3 atom stereocenters. The van der Waals surface area contributed by atoms with E-state index in [9.17, 15) is 24.1 Å². The molecule has 246 valence electrons. The molecule has 0 aromatic carbocycles. The van der Waals surface area contributed by atoms with Crippen molar-refractivity contribution in [2.24, 2.45) is 5.92 Å². The van der Waals surface area contributed by atoms with Crippen molar-refractivity contribution in [2.75, 3.05) is 7.05 Å². The van der Waals surface area contributed by atoms with Crippen LogP contribution in [0.3, 0.4) is 0 Å². The molecular weight excluding hydrogens is 585 g/mol. The third kappa shape index (κ3) is 11.8. The second-order valence-corrected chi connectivity index (χ2v) is 13.2. The van der Waals surface area contributed by atoms with Crippen molar-refractivity contribution in [3.05, 3.63) is 0 Å². The van der Waals surface area contributed by atoms with Crippen molar-refractivity contribution in [3.63, 3.8) is 0 Å². The summed E-state index contributed by atoms with van der Waals surface area (Å²) in [6.07, 6.45) is 7.36. The lowest BCUT2D eigenvalue weighted by atomic mass is 9.83. The van der Waals surface area contributed by atoms with Gasteiger partial charge in [0.15, 0.2) is 0 Å². The van der Waals surface area contributed by atoms with Gasteiger partial charge in [0.1, 0.15) is 18.2 Å². The Labute approximate surface area is 253 Å². The molecule has 0 aliphatic heterocycles. The quantitative estimate of drug-likeness (QED) is 0.0718. The molecule has 0 radical (unpaired) electrons. The highest BCUT2D eigenvalue weighted by molar-refractivity contribution is 7.52. The van der Waals surface area contributed by atoms with Crippen LogP contribution in [0.5, 0.6) is 0 Å². The summed E-state index contributed by atoms with van der Waals surface area (Å²) in [5.74, 6) is -1.90. The van der Waals surface area contributed by atoms with Crippen LogP contribution in [0, 0.1) is 11.3 Å². The number of carboxylic acids is 1. The lowest BCUT2D eigenvalue weighted by Gasteiger charge is -2.36. The van der Waals surface area contributed by atoms with E-state index in [1.165, 1.54) is 20.9 Å². The van der Waals surface area contributed by atoms with Crippen LogP contribution in [0.1, 0.15) is 110 Å². The molecule has 3 aliphatic carbocycles. The minimum atomic E-state index is -4.62. The van der Waals surface area contributed by atoms with Gasteiger partial charge in [-0.2, -0.15) is 0 Å². The molecule has 3 saturated carbocycles. The molecule has 15 heteroatoms. The summed E-state index contributed by atoms with van der Waals surface area (Å²) in [4.78, 5) is 38.1. The number of hydrogen-bond acceptors (Lipinski definition) is 11. The van der Waals surface area contributed by atoms with Gasteiger partial charge in [-0.25, -0.2) is 18.9 Å². The van der Waals surface area contributed by atoms with E-state index in [2.05, 4.69) is 5.09 Å². The molecule has 3 fully saturated rings. The summed E-state index contributed by atoms with van der Waals surface area (Å²) in [7, 11) is -3.23. The van der Waals surface area contributed by atoms with Gasteiger partial charge in [0.2, 0.25) is 18.5 Å². The molecule has 0 aromatic heterocycles. The molecule has 43 heavy (non-hydrogen) atoms. The summed E-state index contributed by atoms with van der Waals surface area (Å²) < 4.78 is 45.8. The lowest BCUT2D eigenvalue weighted by Crippen LogP contribution is -2.51. The first-order valence-electron chi connectivity index (χ1n) is 15.5. The number of nitrogens with zero attached hydrogens (tertiary/aromatic N) is 1. The lowest BCUT2D eigenvalue weighted by molar-refractivity contribution is -0.144. The molecule has 0 saturated heterocycles. The van der Waals surface area contributed by atoms with Gasteiger partial charge >= 0.3 is 26.0 Å². The van der Waals surface area contributed by atoms with E-state index in [1.807, 2.05) is 0 Å². The van der Waals surface area contributed by atoms with Crippen molar-refractivity contribution >= 4 is 32.0 Å². The molecule has 3 rings (SSSR count). The average molecular weight is 634 g/mol. The smallest absolute Gasteiger partial charge is 0.480 e. The Morgan fingerprint density at radius 1 is 0.767 bits per heavy atom. The monoisotopic (exact) mass is 633 g/mol. The second-order valence-electron chi connectivity index (χ2n) is 11.6. The first kappa shape index (κ1) is 34.9. The number of guanidine groups is 1. The van der Waals surface area contributed by atoms with Gasteiger partial charge in [-0.3, -0.25) is 19.5 Å². The topological polar surface area (TPSA) is 183 Å². The van der Waals surface area contributed by atoms with Gasteiger partial charge in [-0.05, 0) is 84.0 Å². The molecule has 14 nitrogen and oxygen atoms in total. The van der Waals surface area contributed by atoms with E-state index in [0.717, 1.165) is 62.7 Å². The third-order valence-electron chi connectivity index (χ3n) is 8.09. The largest absolute Gasteiger partial charge is 0.510 e. The highest BCUT2D eigenvalue weighted by Crippen LogP contribution is 2.47. The van der Waals surface area contributed by atoms with E-state index in [0.29, 0.717) is 38.5 Å². The minimum Gasteiger partial charge on any atom is -0.480 e. The molecule has 3 unspecified atom stereocenters. The van der Waals surface area contributed by atoms with Crippen molar-refractivity contribution in [1.29, 1.82) is 5.41 Å². The number of carbonyl (C=O) groups is 3. The number of nitrogens with one attached hydrogen (secondary N) is 2. The van der Waals surface area contributed by atoms with Crippen LogP contribution in [0.25, 0.3) is 0 Å². The number of carbonyl (C=O) groups excluding carboxylic acids is 2. The Morgan fingerprint density at radius 3 is 1.56 bits per heavy atom. The molecule has 0 amide bonds. The summed E-state index contributed by atoms with van der Waals surface area (Å²) in [5.41, 5.74) is 0. The van der Waals surface area contributed by atoms with E-state index in [-0.39, 0.29) is 18.1 Å². The number of likely N-dealkylation sites (N-methyl/N-ethyl adjacent to an activating group) is 1. The number of ether oxygens (including phenoxy) is 4. The van der Waals surface area contributed by atoms with Crippen molar-refractivity contribution in [1.82, 2.24) is 9.99 Å². The van der Waals surface area contributed by atoms with Crippen LogP contribution < -0.4 is 5.09 Å². The molecule has 3 aliphatic rings. The number of carboxylic acid groups (broad SMARTS) is 1. The normalized spacial score (nSPS) is 22.2. The van der Waals surface area contributed by atoms with Gasteiger partial charge in [0.25, 0.3) is 0 Å². The second kappa shape index (κ2) is 17.1. The van der Waals surface area contributed by atoms with Crippen LogP contribution in [0.2, 0.25) is 0 Å². The maximum absolute atomic E-state index is 13.9. The first-order chi connectivity index (χ1) is 20.5. The van der Waals surface area contributed by atoms with E-state index < -0.39 is 50.6 Å². The number of aliphatic carboxylic acids is 1. The van der Waals surface area contributed by atoms with Crippen LogP contribution in [-0.2, 0) is 37.4 Å². The Bertz CT molecular complexity index is 935. The van der Waals surface area contributed by atoms with Crippen LogP contribution >= 0.6 is 7.75 Å². The molecule has 0 heterocycles. The van der Waals surface area contributed by atoms with E-state index in [1.54, 1.807) is 0 Å². The predicted octanol–water partition coefficient (Wildman–Crippen LogP) is 6.28. The standard InChI is InChI=1S/C28H48N3O11P/c1-19(37-27(34)39-22-15-9-5-10-16-22)41-43(36,42-20(2)38-28(35)40-23-17-11-6-12-18-23)30-26(29)31(3)24(25(32)33)21-13-7-4-8-14-21/h19-24H,4-18H2,1-3H3,(H,32,33)(H2,29,30,36). The zero-order chi connectivity index (χ0) is 31.4. The maximum Gasteiger partial charge on any atom is 0.510 e. The molecule has 0 spiro atoms. The Morgan fingerprint density at radius 2 is 1.16 bits per heavy atom. The molecule has 0 aromatic rings. The van der Waals surface area contributed by atoms with Gasteiger partial charge in [0, 0.05) is 7.05 Å². The zero-order valence-electron chi connectivity index (χ0n) is 25.5. The van der Waals surface area contributed by atoms with E-state index in [4.69, 9.17) is 33.4 Å². The summed E-state index contributed by atoms with van der Waals surface area (Å²) in [6, 6.07) is -1.06. The fourth-order valence-electron chi connectivity index (χ4n) is 5.96. The van der Waals surface area contributed by atoms with Gasteiger partial charge < -0.3 is 29.0 Å². The summed E-state index contributed by atoms with van der Waals surface area (Å²) >= 11 is 0. The van der Waals surface area contributed by atoms with Crippen LogP contribution in [0.15, 0.2) is 0 Å².